The number of hydrogen-bond acceptors (Lipinski definition) is 0. The Balaban J connectivity index is 1.19. The van der Waals surface area contributed by atoms with Crippen LogP contribution in [-0.2, 0) is 18.3 Å². The molecule has 4 aromatic carbocycles. The lowest BCUT2D eigenvalue weighted by atomic mass is 9.81. The Bertz CT molecular complexity index is 1270. The molecule has 0 amide bonds. The fourth-order valence-corrected chi connectivity index (χ4v) is 5.77. The molecule has 0 unspecified atom stereocenters. The number of fused-ring (bicyclic) bond motifs is 3. The molecule has 0 N–H and O–H groups in total. The summed E-state index contributed by atoms with van der Waals surface area (Å²) >= 11 is 3.66. The summed E-state index contributed by atoms with van der Waals surface area (Å²) in [4.78, 5) is 0. The van der Waals surface area contributed by atoms with Gasteiger partial charge in [-0.3, -0.25) is 0 Å². The summed E-state index contributed by atoms with van der Waals surface area (Å²) in [6.07, 6.45) is 7.57. The lowest BCUT2D eigenvalue weighted by molar-refractivity contribution is 0.640. The van der Waals surface area contributed by atoms with Crippen molar-refractivity contribution in [2.75, 3.05) is 0 Å². The van der Waals surface area contributed by atoms with Crippen molar-refractivity contribution in [3.63, 3.8) is 0 Å². The molecule has 0 bridgehead atoms. The average molecular weight is 510 g/mol. The van der Waals surface area contributed by atoms with E-state index in [1.807, 2.05) is 0 Å². The minimum Gasteiger partial charge on any atom is -0.0622 e. The van der Waals surface area contributed by atoms with Crippen molar-refractivity contribution in [1.82, 2.24) is 0 Å². The quantitative estimate of drug-likeness (QED) is 0.207. The summed E-state index contributed by atoms with van der Waals surface area (Å²) in [6.45, 7) is 4.69. The first kappa shape index (κ1) is 23.1. The third-order valence-corrected chi connectivity index (χ3v) is 7.94. The van der Waals surface area contributed by atoms with Crippen LogP contribution < -0.4 is 0 Å². The van der Waals surface area contributed by atoms with Crippen LogP contribution in [0.4, 0.5) is 0 Å². The predicted octanol–water partition coefficient (Wildman–Crippen LogP) is 9.77. The zero-order chi connectivity index (χ0) is 23.5. The minimum absolute atomic E-state index is 0.0188. The molecule has 34 heavy (non-hydrogen) atoms. The van der Waals surface area contributed by atoms with E-state index >= 15 is 0 Å². The Morgan fingerprint density at radius 2 is 1.12 bits per heavy atom. The van der Waals surface area contributed by atoms with Gasteiger partial charge in [0.2, 0.25) is 0 Å². The molecule has 4 aromatic rings. The zero-order valence-corrected chi connectivity index (χ0v) is 21.9. The van der Waals surface area contributed by atoms with Crippen molar-refractivity contribution in [3.05, 3.63) is 118 Å². The Morgan fingerprint density at radius 1 is 0.559 bits per heavy atom. The lowest BCUT2D eigenvalue weighted by Crippen LogP contribution is -2.15. The van der Waals surface area contributed by atoms with E-state index in [1.54, 1.807) is 0 Å². The van der Waals surface area contributed by atoms with E-state index < -0.39 is 0 Å². The highest BCUT2D eigenvalue weighted by Gasteiger charge is 2.35. The molecule has 0 fully saturated rings. The van der Waals surface area contributed by atoms with Crippen LogP contribution in [0, 0.1) is 0 Å². The Hall–Kier alpha value is -2.64. The highest BCUT2D eigenvalue weighted by atomic mass is 79.9. The second kappa shape index (κ2) is 9.92. The summed E-state index contributed by atoms with van der Waals surface area (Å²) in [6, 6.07) is 33.8. The van der Waals surface area contributed by atoms with Crippen LogP contribution >= 0.6 is 15.9 Å². The summed E-state index contributed by atoms with van der Waals surface area (Å²) < 4.78 is 1.15. The predicted molar refractivity (Wildman–Crippen MR) is 149 cm³/mol. The number of benzene rings is 4. The fourth-order valence-electron chi connectivity index (χ4n) is 5.41. The van der Waals surface area contributed by atoms with Gasteiger partial charge in [-0.1, -0.05) is 115 Å². The number of aryl methyl sites for hydroxylation is 2. The van der Waals surface area contributed by atoms with Gasteiger partial charge in [0.1, 0.15) is 0 Å². The topological polar surface area (TPSA) is 0 Å². The number of hydrogen-bond donors (Lipinski definition) is 0. The van der Waals surface area contributed by atoms with Crippen molar-refractivity contribution in [3.8, 4) is 22.3 Å². The first-order valence-electron chi connectivity index (χ1n) is 12.6. The van der Waals surface area contributed by atoms with Crippen molar-refractivity contribution in [2.45, 2.75) is 57.8 Å². The van der Waals surface area contributed by atoms with E-state index in [9.17, 15) is 0 Å². The Kier molecular flexibility index (Phi) is 6.75. The van der Waals surface area contributed by atoms with Gasteiger partial charge in [-0.2, -0.15) is 0 Å². The molecule has 1 heteroatoms. The van der Waals surface area contributed by atoms with Gasteiger partial charge in [0.25, 0.3) is 0 Å². The molecule has 0 nitrogen and oxygen atoms in total. The molecule has 0 aliphatic heterocycles. The van der Waals surface area contributed by atoms with Crippen molar-refractivity contribution >= 4 is 15.9 Å². The van der Waals surface area contributed by atoms with E-state index in [1.165, 1.54) is 83.0 Å². The molecule has 0 radical (unpaired) electrons. The van der Waals surface area contributed by atoms with Crippen LogP contribution in [0.3, 0.4) is 0 Å². The smallest absolute Gasteiger partial charge is 0.0178 e. The van der Waals surface area contributed by atoms with E-state index in [4.69, 9.17) is 0 Å². The van der Waals surface area contributed by atoms with Gasteiger partial charge in [-0.25, -0.2) is 0 Å². The van der Waals surface area contributed by atoms with Gasteiger partial charge >= 0.3 is 0 Å². The summed E-state index contributed by atoms with van der Waals surface area (Å²) in [5.41, 5.74) is 11.1. The molecule has 172 valence electrons. The Morgan fingerprint density at radius 3 is 1.79 bits per heavy atom. The second-order valence-corrected chi connectivity index (χ2v) is 11.1. The molecule has 5 rings (SSSR count). The van der Waals surface area contributed by atoms with Crippen LogP contribution in [0.2, 0.25) is 0 Å². The van der Waals surface area contributed by atoms with Crippen molar-refractivity contribution in [1.29, 1.82) is 0 Å². The first-order valence-corrected chi connectivity index (χ1v) is 13.4. The van der Waals surface area contributed by atoms with Crippen LogP contribution in [-0.4, -0.2) is 0 Å². The highest BCUT2D eigenvalue weighted by molar-refractivity contribution is 9.10. The van der Waals surface area contributed by atoms with Crippen molar-refractivity contribution < 1.29 is 0 Å². The van der Waals surface area contributed by atoms with Crippen LogP contribution in [0.5, 0.6) is 0 Å². The number of rotatable bonds is 8. The van der Waals surface area contributed by atoms with Crippen LogP contribution in [0.25, 0.3) is 22.3 Å². The third kappa shape index (κ3) is 4.77. The lowest BCUT2D eigenvalue weighted by Gasteiger charge is -2.22. The molecule has 1 aliphatic rings. The minimum atomic E-state index is 0.0188. The van der Waals surface area contributed by atoms with Gasteiger partial charge in [0.05, 0.1) is 0 Å². The molecular weight excluding hydrogens is 476 g/mol. The molecule has 0 aromatic heterocycles. The van der Waals surface area contributed by atoms with E-state index in [0.717, 1.165) is 4.47 Å². The number of unbranched alkanes of at least 4 members (excludes halogenated alkanes) is 3. The monoisotopic (exact) mass is 508 g/mol. The van der Waals surface area contributed by atoms with Gasteiger partial charge in [0.15, 0.2) is 0 Å². The largest absolute Gasteiger partial charge is 0.0622 e. The van der Waals surface area contributed by atoms with Gasteiger partial charge < -0.3 is 0 Å². The van der Waals surface area contributed by atoms with Crippen LogP contribution in [0.15, 0.2) is 95.5 Å². The highest BCUT2D eigenvalue weighted by Crippen LogP contribution is 2.50. The SMILES string of the molecule is CC1(C)c2cc(Br)ccc2-c2ccc(-c3ccc(CCCCCCc4ccccc4)cc3)cc21. The fraction of sp³-hybridized carbons (Fsp3) is 0.273. The molecule has 0 saturated heterocycles. The van der Waals surface area contributed by atoms with Gasteiger partial charge in [0, 0.05) is 9.89 Å². The normalized spacial score (nSPS) is 13.5. The first-order chi connectivity index (χ1) is 16.5. The maximum absolute atomic E-state index is 3.66. The maximum Gasteiger partial charge on any atom is 0.0178 e. The molecule has 0 heterocycles. The average Bonchev–Trinajstić information content (AvgIpc) is 3.08. The number of halogens is 1. The second-order valence-electron chi connectivity index (χ2n) is 10.2. The van der Waals surface area contributed by atoms with Crippen molar-refractivity contribution in [2.24, 2.45) is 0 Å². The molecule has 0 saturated carbocycles. The van der Waals surface area contributed by atoms with E-state index in [0.29, 0.717) is 0 Å². The molecule has 0 atom stereocenters. The van der Waals surface area contributed by atoms with E-state index in [2.05, 4.69) is 121 Å². The Labute approximate surface area is 213 Å². The van der Waals surface area contributed by atoms with Gasteiger partial charge in [-0.05, 0) is 88.4 Å². The molecule has 1 aliphatic carbocycles. The maximum atomic E-state index is 3.66. The third-order valence-electron chi connectivity index (χ3n) is 7.45. The summed E-state index contributed by atoms with van der Waals surface area (Å²) in [5.74, 6) is 0. The van der Waals surface area contributed by atoms with Crippen LogP contribution in [0.1, 0.15) is 61.8 Å². The van der Waals surface area contributed by atoms with Gasteiger partial charge in [-0.15, -0.1) is 0 Å². The van der Waals surface area contributed by atoms with E-state index in [-0.39, 0.29) is 5.41 Å². The molecule has 0 spiro atoms. The summed E-state index contributed by atoms with van der Waals surface area (Å²) in [5, 5.41) is 0. The zero-order valence-electron chi connectivity index (χ0n) is 20.3. The molecular formula is C33H33Br. The summed E-state index contributed by atoms with van der Waals surface area (Å²) in [7, 11) is 0. The standard InChI is InChI=1S/C33H33Br/c1-33(2)31-22-27(18-20-29(31)30-21-19-28(34)23-32(30)33)26-16-14-25(15-17-26)13-7-4-3-6-10-24-11-8-5-9-12-24/h5,8-9,11-12,14-23H,3-4,6-7,10,13H2,1-2H3.